The molecule has 0 aliphatic rings. The molecule has 3 rings (SSSR count). The quantitative estimate of drug-likeness (QED) is 0.441. The van der Waals surface area contributed by atoms with Crippen molar-refractivity contribution >= 4 is 35.2 Å². The number of esters is 1. The third-order valence-electron chi connectivity index (χ3n) is 4.62. The van der Waals surface area contributed by atoms with E-state index in [2.05, 4.69) is 10.4 Å². The van der Waals surface area contributed by atoms with Crippen LogP contribution in [0.3, 0.4) is 0 Å². The second kappa shape index (κ2) is 9.57. The highest BCUT2D eigenvalue weighted by Crippen LogP contribution is 2.21. The fourth-order valence-corrected chi connectivity index (χ4v) is 3.15. The molecule has 0 saturated carbocycles. The van der Waals surface area contributed by atoms with E-state index in [1.165, 1.54) is 18.2 Å². The maximum Gasteiger partial charge on any atom is 0.331 e. The molecule has 0 spiro atoms. The maximum absolute atomic E-state index is 13.2. The van der Waals surface area contributed by atoms with Gasteiger partial charge in [-0.05, 0) is 68.8 Å². The molecule has 1 aromatic heterocycles. The minimum absolute atomic E-state index is 0.331. The normalized spacial score (nSPS) is 11.0. The third kappa shape index (κ3) is 5.58. The highest BCUT2D eigenvalue weighted by Gasteiger charge is 2.12. The van der Waals surface area contributed by atoms with Gasteiger partial charge in [0.05, 0.1) is 11.4 Å². The molecule has 0 atom stereocenters. The van der Waals surface area contributed by atoms with Crippen molar-refractivity contribution < 1.29 is 18.7 Å². The Balaban J connectivity index is 1.62. The Bertz CT molecular complexity index is 1150. The lowest BCUT2D eigenvalue weighted by atomic mass is 10.2. The maximum atomic E-state index is 13.2. The second-order valence-electron chi connectivity index (χ2n) is 6.92. The monoisotopic (exact) mass is 441 g/mol. The lowest BCUT2D eigenvalue weighted by Crippen LogP contribution is -2.20. The van der Waals surface area contributed by atoms with Crippen LogP contribution in [0.5, 0.6) is 0 Å². The number of ether oxygens (including phenoxy) is 1. The average molecular weight is 442 g/mol. The summed E-state index contributed by atoms with van der Waals surface area (Å²) in [6, 6.07) is 11.1. The lowest BCUT2D eigenvalue weighted by molar-refractivity contribution is -0.142. The molecule has 2 aromatic carbocycles. The number of aromatic nitrogens is 2. The Labute approximate surface area is 184 Å². The van der Waals surface area contributed by atoms with Gasteiger partial charge in [0.15, 0.2) is 6.61 Å². The van der Waals surface area contributed by atoms with E-state index in [4.69, 9.17) is 16.3 Å². The van der Waals surface area contributed by atoms with Crippen molar-refractivity contribution in [3.63, 3.8) is 0 Å². The van der Waals surface area contributed by atoms with Gasteiger partial charge in [0, 0.05) is 28.0 Å². The summed E-state index contributed by atoms with van der Waals surface area (Å²) in [6.07, 6.45) is 2.82. The van der Waals surface area contributed by atoms with Gasteiger partial charge in [-0.15, -0.1) is 0 Å². The van der Waals surface area contributed by atoms with Crippen LogP contribution in [-0.2, 0) is 14.3 Å². The highest BCUT2D eigenvalue weighted by atomic mass is 35.5. The molecule has 0 fully saturated rings. The van der Waals surface area contributed by atoms with Crippen LogP contribution >= 0.6 is 11.6 Å². The van der Waals surface area contributed by atoms with Crippen molar-refractivity contribution in [1.29, 1.82) is 0 Å². The van der Waals surface area contributed by atoms with Gasteiger partial charge in [0.25, 0.3) is 5.91 Å². The number of nitrogens with zero attached hydrogens (tertiary/aromatic N) is 2. The van der Waals surface area contributed by atoms with Gasteiger partial charge < -0.3 is 10.1 Å². The zero-order chi connectivity index (χ0) is 22.5. The van der Waals surface area contributed by atoms with Crippen LogP contribution in [0, 0.1) is 26.6 Å². The van der Waals surface area contributed by atoms with Gasteiger partial charge in [-0.1, -0.05) is 17.7 Å². The highest BCUT2D eigenvalue weighted by molar-refractivity contribution is 6.31. The van der Waals surface area contributed by atoms with Crippen LogP contribution in [-0.4, -0.2) is 28.3 Å². The fourth-order valence-electron chi connectivity index (χ4n) is 2.98. The molecule has 160 valence electrons. The zero-order valence-electron chi connectivity index (χ0n) is 17.3. The van der Waals surface area contributed by atoms with Crippen LogP contribution in [0.4, 0.5) is 10.1 Å². The SMILES string of the molecule is Cc1ccc(Cl)cc1NC(=O)COC(=O)/C=C/c1c(C)nn(-c2ccc(F)cc2)c1C. The number of hydrogen-bond acceptors (Lipinski definition) is 4. The molecule has 6 nitrogen and oxygen atoms in total. The summed E-state index contributed by atoms with van der Waals surface area (Å²) >= 11 is 5.93. The van der Waals surface area contributed by atoms with E-state index in [1.54, 1.807) is 48.0 Å². The number of halogens is 2. The number of nitrogens with one attached hydrogen (secondary N) is 1. The number of rotatable bonds is 6. The minimum atomic E-state index is -0.661. The molecule has 0 radical (unpaired) electrons. The Morgan fingerprint density at radius 3 is 2.58 bits per heavy atom. The summed E-state index contributed by atoms with van der Waals surface area (Å²) < 4.78 is 19.8. The summed E-state index contributed by atoms with van der Waals surface area (Å²) in [7, 11) is 0. The molecule has 0 aliphatic carbocycles. The molecule has 1 N–H and O–H groups in total. The van der Waals surface area contributed by atoms with Gasteiger partial charge in [-0.2, -0.15) is 5.10 Å². The number of amides is 1. The van der Waals surface area contributed by atoms with Crippen molar-refractivity contribution in [3.05, 3.63) is 81.9 Å². The van der Waals surface area contributed by atoms with E-state index < -0.39 is 18.5 Å². The summed E-state index contributed by atoms with van der Waals surface area (Å²) in [4.78, 5) is 24.1. The van der Waals surface area contributed by atoms with Crippen molar-refractivity contribution in [1.82, 2.24) is 9.78 Å². The van der Waals surface area contributed by atoms with Crippen LogP contribution in [0.2, 0.25) is 5.02 Å². The summed E-state index contributed by atoms with van der Waals surface area (Å²) in [5.74, 6) is -1.46. The number of benzene rings is 2. The molecule has 1 amide bonds. The first kappa shape index (κ1) is 22.2. The van der Waals surface area contributed by atoms with Gasteiger partial charge in [-0.3, -0.25) is 4.79 Å². The lowest BCUT2D eigenvalue weighted by Gasteiger charge is -2.08. The molecular weight excluding hydrogens is 421 g/mol. The molecule has 0 aliphatic heterocycles. The smallest absolute Gasteiger partial charge is 0.331 e. The van der Waals surface area contributed by atoms with Crippen LogP contribution in [0.25, 0.3) is 11.8 Å². The van der Waals surface area contributed by atoms with Gasteiger partial charge in [0.2, 0.25) is 0 Å². The fraction of sp³-hybridized carbons (Fsp3) is 0.174. The minimum Gasteiger partial charge on any atom is -0.452 e. The van der Waals surface area contributed by atoms with E-state index in [9.17, 15) is 14.0 Å². The van der Waals surface area contributed by atoms with Crippen LogP contribution in [0.1, 0.15) is 22.5 Å². The van der Waals surface area contributed by atoms with E-state index in [0.717, 1.165) is 16.8 Å². The first-order chi connectivity index (χ1) is 14.7. The van der Waals surface area contributed by atoms with Crippen molar-refractivity contribution in [2.24, 2.45) is 0 Å². The number of anilines is 1. The molecule has 0 saturated heterocycles. The Morgan fingerprint density at radius 2 is 1.87 bits per heavy atom. The number of carbonyl (C=O) groups is 2. The van der Waals surface area contributed by atoms with Crippen molar-refractivity contribution in [2.45, 2.75) is 20.8 Å². The first-order valence-electron chi connectivity index (χ1n) is 9.47. The molecule has 0 unspecified atom stereocenters. The molecule has 3 aromatic rings. The largest absolute Gasteiger partial charge is 0.452 e. The standard InChI is InChI=1S/C23H21ClFN3O3/c1-14-4-5-17(24)12-21(14)26-22(29)13-31-23(30)11-10-20-15(2)27-28(16(20)3)19-8-6-18(25)7-9-19/h4-12H,13H2,1-3H3,(H,26,29)/b11-10+. The molecule has 1 heterocycles. The Hall–Kier alpha value is -3.45. The summed E-state index contributed by atoms with van der Waals surface area (Å²) in [6.45, 7) is 5.05. The topological polar surface area (TPSA) is 73.2 Å². The van der Waals surface area contributed by atoms with Crippen LogP contribution < -0.4 is 5.32 Å². The predicted molar refractivity (Wildman–Crippen MR) is 118 cm³/mol. The molecule has 8 heteroatoms. The number of hydrogen-bond donors (Lipinski definition) is 1. The Kier molecular flexibility index (Phi) is 6.87. The van der Waals surface area contributed by atoms with Gasteiger partial charge >= 0.3 is 5.97 Å². The molecule has 0 bridgehead atoms. The van der Waals surface area contributed by atoms with Crippen molar-refractivity contribution in [2.75, 3.05) is 11.9 Å². The van der Waals surface area contributed by atoms with Crippen LogP contribution in [0.15, 0.2) is 48.5 Å². The average Bonchev–Trinajstić information content (AvgIpc) is 3.01. The number of aryl methyl sites for hydroxylation is 2. The first-order valence-corrected chi connectivity index (χ1v) is 9.85. The van der Waals surface area contributed by atoms with E-state index in [0.29, 0.717) is 22.1 Å². The summed E-state index contributed by atoms with van der Waals surface area (Å²) in [5, 5.41) is 7.59. The molecular formula is C23H21ClFN3O3. The van der Waals surface area contributed by atoms with E-state index in [1.807, 2.05) is 13.8 Å². The third-order valence-corrected chi connectivity index (χ3v) is 4.86. The van der Waals surface area contributed by atoms with Crippen molar-refractivity contribution in [3.8, 4) is 5.69 Å². The van der Waals surface area contributed by atoms with Gasteiger partial charge in [0.1, 0.15) is 5.82 Å². The van der Waals surface area contributed by atoms with E-state index in [-0.39, 0.29) is 5.82 Å². The number of carbonyl (C=O) groups excluding carboxylic acids is 2. The summed E-state index contributed by atoms with van der Waals surface area (Å²) in [5.41, 5.74) is 4.32. The molecule has 31 heavy (non-hydrogen) atoms. The Morgan fingerprint density at radius 1 is 1.16 bits per heavy atom. The zero-order valence-corrected chi connectivity index (χ0v) is 18.0. The van der Waals surface area contributed by atoms with Gasteiger partial charge in [-0.25, -0.2) is 13.9 Å². The predicted octanol–water partition coefficient (Wildman–Crippen LogP) is 4.79. The second-order valence-corrected chi connectivity index (χ2v) is 7.36. The van der Waals surface area contributed by atoms with E-state index >= 15 is 0 Å².